The number of carbonyl (C=O) groups is 1. The van der Waals surface area contributed by atoms with Gasteiger partial charge < -0.3 is 14.7 Å². The molecule has 5 nitrogen and oxygen atoms in total. The quantitative estimate of drug-likeness (QED) is 0.480. The number of aliphatic hydroxyl groups is 1. The van der Waals surface area contributed by atoms with Gasteiger partial charge in [0.1, 0.15) is 12.3 Å². The number of aryl methyl sites for hydroxylation is 1. The fourth-order valence-corrected chi connectivity index (χ4v) is 5.09. The molecule has 1 aromatic heterocycles. The highest BCUT2D eigenvalue weighted by molar-refractivity contribution is 5.99. The second-order valence-electron chi connectivity index (χ2n) is 10.2. The van der Waals surface area contributed by atoms with E-state index in [1.165, 1.54) is 0 Å². The smallest absolute Gasteiger partial charge is 0.176 e. The van der Waals surface area contributed by atoms with Crippen LogP contribution in [0.1, 0.15) is 87.4 Å². The van der Waals surface area contributed by atoms with Crippen LogP contribution in [0.3, 0.4) is 0 Å². The van der Waals surface area contributed by atoms with Gasteiger partial charge in [-0.15, -0.1) is 0 Å². The Bertz CT molecular complexity index is 1030. The number of benzene rings is 1. The summed E-state index contributed by atoms with van der Waals surface area (Å²) in [6, 6.07) is 7.90. The zero-order valence-corrected chi connectivity index (χ0v) is 20.8. The number of aromatic nitrogens is 1. The van der Waals surface area contributed by atoms with Crippen LogP contribution < -0.4 is 9.64 Å². The summed E-state index contributed by atoms with van der Waals surface area (Å²) in [4.78, 5) is 19.6. The monoisotopic (exact) mass is 468 g/mol. The molecular formula is C28H37FN2O3. The molecule has 1 aliphatic carbocycles. The average molecular weight is 469 g/mol. The number of ether oxygens (including phenoxy) is 1. The Morgan fingerprint density at radius 1 is 1.29 bits per heavy atom. The first-order valence-electron chi connectivity index (χ1n) is 12.7. The number of anilines is 2. The van der Waals surface area contributed by atoms with Gasteiger partial charge in [0.25, 0.3) is 0 Å². The van der Waals surface area contributed by atoms with Gasteiger partial charge in [0.2, 0.25) is 0 Å². The highest BCUT2D eigenvalue weighted by Gasteiger charge is 2.35. The van der Waals surface area contributed by atoms with E-state index in [4.69, 9.17) is 4.74 Å². The zero-order chi connectivity index (χ0) is 24.5. The van der Waals surface area contributed by atoms with Crippen LogP contribution in [0.2, 0.25) is 0 Å². The Hall–Kier alpha value is -2.47. The highest BCUT2D eigenvalue weighted by atomic mass is 19.1. The Morgan fingerprint density at radius 2 is 2.03 bits per heavy atom. The zero-order valence-electron chi connectivity index (χ0n) is 20.8. The van der Waals surface area contributed by atoms with Crippen molar-refractivity contribution >= 4 is 17.3 Å². The van der Waals surface area contributed by atoms with Crippen molar-refractivity contribution in [1.82, 2.24) is 4.98 Å². The number of hydrogen-bond donors (Lipinski definition) is 1. The summed E-state index contributed by atoms with van der Waals surface area (Å²) in [7, 11) is 0. The van der Waals surface area contributed by atoms with Crippen LogP contribution in [-0.2, 0) is 6.42 Å². The number of alkyl halides is 1. The fourth-order valence-electron chi connectivity index (χ4n) is 5.09. The lowest BCUT2D eigenvalue weighted by Gasteiger charge is -2.34. The third kappa shape index (κ3) is 4.97. The largest absolute Gasteiger partial charge is 0.488 e. The maximum Gasteiger partial charge on any atom is 0.176 e. The molecule has 2 aliphatic rings. The van der Waals surface area contributed by atoms with Gasteiger partial charge in [0.05, 0.1) is 12.6 Å². The van der Waals surface area contributed by atoms with Gasteiger partial charge in [-0.2, -0.15) is 0 Å². The molecule has 6 heteroatoms. The minimum Gasteiger partial charge on any atom is -0.488 e. The predicted octanol–water partition coefficient (Wildman–Crippen LogP) is 6.36. The lowest BCUT2D eigenvalue weighted by atomic mass is 9.77. The highest BCUT2D eigenvalue weighted by Crippen LogP contribution is 2.42. The summed E-state index contributed by atoms with van der Waals surface area (Å²) in [5.41, 5.74) is 2.42. The molecule has 34 heavy (non-hydrogen) atoms. The van der Waals surface area contributed by atoms with Crippen molar-refractivity contribution < 1.29 is 19.0 Å². The van der Waals surface area contributed by atoms with Crippen molar-refractivity contribution in [2.75, 3.05) is 18.1 Å². The molecule has 2 aromatic rings. The first-order valence-corrected chi connectivity index (χ1v) is 12.7. The number of fused-ring (bicyclic) bond motifs is 1. The maximum absolute atomic E-state index is 14.2. The number of pyridine rings is 1. The van der Waals surface area contributed by atoms with E-state index in [0.717, 1.165) is 35.2 Å². The van der Waals surface area contributed by atoms with Crippen LogP contribution in [0, 0.1) is 11.8 Å². The van der Waals surface area contributed by atoms with E-state index < -0.39 is 11.8 Å². The van der Waals surface area contributed by atoms with E-state index in [9.17, 15) is 14.3 Å². The van der Waals surface area contributed by atoms with E-state index in [1.54, 1.807) is 13.1 Å². The van der Waals surface area contributed by atoms with Gasteiger partial charge in [0, 0.05) is 28.9 Å². The molecule has 184 valence electrons. The van der Waals surface area contributed by atoms with Crippen molar-refractivity contribution in [1.29, 1.82) is 0 Å². The summed E-state index contributed by atoms with van der Waals surface area (Å²) in [6.07, 6.45) is 4.94. The number of aliphatic hydroxyl groups excluding tert-OH is 1. The normalized spacial score (nSPS) is 24.2. The third-order valence-electron chi connectivity index (χ3n) is 7.65. The van der Waals surface area contributed by atoms with Crippen molar-refractivity contribution in [3.05, 3.63) is 47.2 Å². The van der Waals surface area contributed by atoms with Crippen LogP contribution in [0.25, 0.3) is 0 Å². The minimum absolute atomic E-state index is 0.00888. The van der Waals surface area contributed by atoms with Gasteiger partial charge in [-0.3, -0.25) is 4.79 Å². The van der Waals surface area contributed by atoms with Crippen molar-refractivity contribution in [2.45, 2.75) is 78.0 Å². The minimum atomic E-state index is -1.12. The Morgan fingerprint density at radius 3 is 2.71 bits per heavy atom. The molecule has 1 N–H and O–H groups in total. The van der Waals surface area contributed by atoms with Crippen LogP contribution in [-0.4, -0.2) is 34.7 Å². The number of ketones is 1. The number of carbonyl (C=O) groups excluding carboxylic acids is 1. The van der Waals surface area contributed by atoms with Crippen LogP contribution in [0.4, 0.5) is 15.9 Å². The van der Waals surface area contributed by atoms with Crippen LogP contribution in [0.5, 0.6) is 5.75 Å². The first-order chi connectivity index (χ1) is 16.2. The molecule has 0 bridgehead atoms. The molecule has 1 aromatic carbocycles. The molecule has 0 saturated heterocycles. The molecule has 2 atom stereocenters. The maximum atomic E-state index is 14.2. The van der Waals surface area contributed by atoms with E-state index in [2.05, 4.69) is 22.9 Å². The molecule has 2 unspecified atom stereocenters. The Balaban J connectivity index is 1.57. The first kappa shape index (κ1) is 24.6. The summed E-state index contributed by atoms with van der Waals surface area (Å²) in [5.74, 6) is 1.60. The van der Waals surface area contributed by atoms with Gasteiger partial charge in [-0.1, -0.05) is 20.8 Å². The standard InChI is InChI=1S/C28H37FN2O3/c1-5-18(3)25(32)23-8-7-22(15-19(23)6-2)31-13-14-34-24-16-21(17-30-27(24)31)26(33)20-9-11-28(4,29)12-10-20/h7-8,15-18,20,26,33H,5-6,9-14H2,1-4H3. The third-order valence-corrected chi connectivity index (χ3v) is 7.65. The number of Topliss-reactive ketones (excluding diaryl/α,β-unsaturated/α-hetero) is 1. The summed E-state index contributed by atoms with van der Waals surface area (Å²) in [6.45, 7) is 8.90. The van der Waals surface area contributed by atoms with Gasteiger partial charge in [-0.25, -0.2) is 9.37 Å². The molecule has 1 fully saturated rings. The van der Waals surface area contributed by atoms with Crippen molar-refractivity contribution in [3.8, 4) is 5.75 Å². The molecule has 0 spiro atoms. The number of hydrogen-bond acceptors (Lipinski definition) is 5. The molecular weight excluding hydrogens is 431 g/mol. The second kappa shape index (κ2) is 10.0. The fraction of sp³-hybridized carbons (Fsp3) is 0.571. The molecule has 1 saturated carbocycles. The van der Waals surface area contributed by atoms with Gasteiger partial charge in [-0.05, 0) is 81.2 Å². The summed E-state index contributed by atoms with van der Waals surface area (Å²) >= 11 is 0. The Labute approximate surface area is 202 Å². The van der Waals surface area contributed by atoms with E-state index in [-0.39, 0.29) is 17.6 Å². The van der Waals surface area contributed by atoms with Crippen LogP contribution >= 0.6 is 0 Å². The lowest BCUT2D eigenvalue weighted by molar-refractivity contribution is 0.0336. The van der Waals surface area contributed by atoms with Gasteiger partial charge >= 0.3 is 0 Å². The number of nitrogens with zero attached hydrogens (tertiary/aromatic N) is 2. The average Bonchev–Trinajstić information content (AvgIpc) is 2.86. The van der Waals surface area contributed by atoms with Crippen molar-refractivity contribution in [2.24, 2.45) is 11.8 Å². The van der Waals surface area contributed by atoms with Crippen molar-refractivity contribution in [3.63, 3.8) is 0 Å². The SMILES string of the molecule is CCc1cc(N2CCOc3cc(C(O)C4CCC(C)(F)CC4)cnc32)ccc1C(=O)C(C)CC. The molecule has 0 radical (unpaired) electrons. The molecule has 0 amide bonds. The predicted molar refractivity (Wildman–Crippen MR) is 133 cm³/mol. The summed E-state index contributed by atoms with van der Waals surface area (Å²) < 4.78 is 20.1. The topological polar surface area (TPSA) is 62.7 Å². The van der Waals surface area contributed by atoms with E-state index in [0.29, 0.717) is 50.4 Å². The second-order valence-corrected chi connectivity index (χ2v) is 10.2. The number of rotatable bonds is 7. The molecule has 4 rings (SSSR count). The summed E-state index contributed by atoms with van der Waals surface area (Å²) in [5, 5.41) is 11.0. The van der Waals surface area contributed by atoms with E-state index in [1.807, 2.05) is 32.0 Å². The van der Waals surface area contributed by atoms with Gasteiger partial charge in [0.15, 0.2) is 17.4 Å². The lowest BCUT2D eigenvalue weighted by Crippen LogP contribution is -2.30. The Kier molecular flexibility index (Phi) is 7.27. The molecule has 1 aliphatic heterocycles. The van der Waals surface area contributed by atoms with Crippen LogP contribution in [0.15, 0.2) is 30.5 Å². The van der Waals surface area contributed by atoms with E-state index >= 15 is 0 Å². The molecule has 2 heterocycles. The number of halogens is 1.